The van der Waals surface area contributed by atoms with Crippen LogP contribution in [0.3, 0.4) is 0 Å². The van der Waals surface area contributed by atoms with Crippen LogP contribution >= 0.6 is 11.6 Å². The van der Waals surface area contributed by atoms with Gasteiger partial charge in [0.2, 0.25) is 0 Å². The number of benzene rings is 2. The van der Waals surface area contributed by atoms with Crippen LogP contribution in [0.15, 0.2) is 60.8 Å². The Morgan fingerprint density at radius 2 is 1.95 bits per heavy atom. The molecule has 0 spiro atoms. The predicted octanol–water partition coefficient (Wildman–Crippen LogP) is 4.59. The molecular weight excluding hydrogens is 280 g/mol. The largest absolute Gasteiger partial charge is 0.307 e. The molecule has 0 saturated carbocycles. The molecule has 0 bridgehead atoms. The number of halogens is 1. The van der Waals surface area contributed by atoms with Gasteiger partial charge in [0.25, 0.3) is 0 Å². The van der Waals surface area contributed by atoms with Gasteiger partial charge >= 0.3 is 0 Å². The maximum Gasteiger partial charge on any atom is 0.0705 e. The van der Waals surface area contributed by atoms with Gasteiger partial charge in [0.15, 0.2) is 0 Å². The lowest BCUT2D eigenvalue weighted by Crippen LogP contribution is -2.22. The minimum absolute atomic E-state index is 0.113. The lowest BCUT2D eigenvalue weighted by molar-refractivity contribution is 0.634. The minimum Gasteiger partial charge on any atom is -0.307 e. The average molecular weight is 297 g/mol. The zero-order valence-electron chi connectivity index (χ0n) is 11.9. The van der Waals surface area contributed by atoms with Crippen molar-refractivity contribution in [2.45, 2.75) is 13.0 Å². The van der Waals surface area contributed by atoms with E-state index in [0.29, 0.717) is 0 Å². The Morgan fingerprint density at radius 3 is 2.76 bits per heavy atom. The average Bonchev–Trinajstić information content (AvgIpc) is 2.52. The molecule has 21 heavy (non-hydrogen) atoms. The highest BCUT2D eigenvalue weighted by Gasteiger charge is 2.16. The van der Waals surface area contributed by atoms with Crippen molar-refractivity contribution in [1.82, 2.24) is 10.3 Å². The van der Waals surface area contributed by atoms with Crippen LogP contribution in [-0.4, -0.2) is 11.5 Å². The van der Waals surface area contributed by atoms with Crippen LogP contribution in [-0.2, 0) is 0 Å². The normalized spacial score (nSPS) is 12.5. The number of aromatic nitrogens is 1. The van der Waals surface area contributed by atoms with Crippen LogP contribution in [0.4, 0.5) is 0 Å². The second-order valence-electron chi connectivity index (χ2n) is 4.96. The van der Waals surface area contributed by atoms with E-state index >= 15 is 0 Å². The molecule has 3 aromatic rings. The van der Waals surface area contributed by atoms with Crippen molar-refractivity contribution in [2.24, 2.45) is 0 Å². The second-order valence-corrected chi connectivity index (χ2v) is 5.40. The second kappa shape index (κ2) is 6.25. The predicted molar refractivity (Wildman–Crippen MR) is 88.7 cm³/mol. The van der Waals surface area contributed by atoms with Gasteiger partial charge in [-0.15, -0.1) is 0 Å². The van der Waals surface area contributed by atoms with Crippen LogP contribution in [0.1, 0.15) is 24.1 Å². The Labute approximate surface area is 129 Å². The molecule has 0 aliphatic carbocycles. The Hall–Kier alpha value is -1.90. The van der Waals surface area contributed by atoms with Gasteiger partial charge in [-0.2, -0.15) is 0 Å². The molecule has 1 atom stereocenters. The van der Waals surface area contributed by atoms with E-state index in [2.05, 4.69) is 41.5 Å². The highest BCUT2D eigenvalue weighted by atomic mass is 35.5. The van der Waals surface area contributed by atoms with E-state index in [-0.39, 0.29) is 6.04 Å². The molecule has 0 aliphatic rings. The van der Waals surface area contributed by atoms with Gasteiger partial charge in [-0.1, -0.05) is 48.9 Å². The fraction of sp³-hybridized carbons (Fsp3) is 0.167. The van der Waals surface area contributed by atoms with Crippen molar-refractivity contribution < 1.29 is 0 Å². The molecule has 0 radical (unpaired) electrons. The third-order valence-electron chi connectivity index (χ3n) is 3.58. The van der Waals surface area contributed by atoms with Gasteiger partial charge in [-0.05, 0) is 41.9 Å². The molecule has 0 aliphatic heterocycles. The molecule has 3 heteroatoms. The summed E-state index contributed by atoms with van der Waals surface area (Å²) in [5.74, 6) is 0. The third kappa shape index (κ3) is 2.92. The first-order valence-corrected chi connectivity index (χ1v) is 7.50. The fourth-order valence-corrected chi connectivity index (χ4v) is 2.88. The Kier molecular flexibility index (Phi) is 4.18. The van der Waals surface area contributed by atoms with E-state index in [1.165, 1.54) is 16.5 Å². The van der Waals surface area contributed by atoms with E-state index in [1.54, 1.807) is 0 Å². The van der Waals surface area contributed by atoms with Crippen molar-refractivity contribution in [2.75, 3.05) is 6.54 Å². The van der Waals surface area contributed by atoms with Crippen molar-refractivity contribution in [1.29, 1.82) is 0 Å². The van der Waals surface area contributed by atoms with E-state index in [0.717, 1.165) is 17.1 Å². The standard InChI is InChI=1S/C18H17ClN2/c1-2-20-18(13-6-3-7-14(19)12-13)16-8-4-10-17-15(16)9-5-11-21-17/h3-12,18,20H,2H2,1H3. The topological polar surface area (TPSA) is 24.9 Å². The molecule has 0 saturated heterocycles. The molecule has 1 unspecified atom stereocenters. The SMILES string of the molecule is CCNC(c1cccc(Cl)c1)c1cccc2ncccc12. The summed E-state index contributed by atoms with van der Waals surface area (Å²) in [7, 11) is 0. The molecule has 1 aromatic heterocycles. The molecule has 0 amide bonds. The molecule has 3 rings (SSSR count). The van der Waals surface area contributed by atoms with Gasteiger partial charge in [-0.3, -0.25) is 4.98 Å². The molecular formula is C18H17ClN2. The smallest absolute Gasteiger partial charge is 0.0705 e. The lowest BCUT2D eigenvalue weighted by atomic mass is 9.95. The monoisotopic (exact) mass is 296 g/mol. The first kappa shape index (κ1) is 14.1. The first-order chi connectivity index (χ1) is 10.3. The summed E-state index contributed by atoms with van der Waals surface area (Å²) in [6.45, 7) is 2.99. The Balaban J connectivity index is 2.16. The highest BCUT2D eigenvalue weighted by molar-refractivity contribution is 6.30. The van der Waals surface area contributed by atoms with Crippen LogP contribution in [0, 0.1) is 0 Å². The van der Waals surface area contributed by atoms with Gasteiger partial charge < -0.3 is 5.32 Å². The lowest BCUT2D eigenvalue weighted by Gasteiger charge is -2.20. The van der Waals surface area contributed by atoms with Crippen molar-refractivity contribution in [3.8, 4) is 0 Å². The maximum absolute atomic E-state index is 6.15. The number of rotatable bonds is 4. The molecule has 106 valence electrons. The van der Waals surface area contributed by atoms with Crippen LogP contribution in [0.25, 0.3) is 10.9 Å². The van der Waals surface area contributed by atoms with Crippen LogP contribution in [0.5, 0.6) is 0 Å². The number of pyridine rings is 1. The minimum atomic E-state index is 0.113. The summed E-state index contributed by atoms with van der Waals surface area (Å²) in [5.41, 5.74) is 3.41. The van der Waals surface area contributed by atoms with Crippen LogP contribution in [0.2, 0.25) is 5.02 Å². The Bertz CT molecular complexity index is 750. The van der Waals surface area contributed by atoms with Crippen molar-refractivity contribution in [3.63, 3.8) is 0 Å². The number of hydrogen-bond donors (Lipinski definition) is 1. The zero-order valence-corrected chi connectivity index (χ0v) is 12.6. The first-order valence-electron chi connectivity index (χ1n) is 7.12. The summed E-state index contributed by atoms with van der Waals surface area (Å²) in [4.78, 5) is 4.44. The summed E-state index contributed by atoms with van der Waals surface area (Å²) in [5, 5.41) is 5.48. The van der Waals surface area contributed by atoms with Crippen LogP contribution < -0.4 is 5.32 Å². The van der Waals surface area contributed by atoms with Gasteiger partial charge in [-0.25, -0.2) is 0 Å². The van der Waals surface area contributed by atoms with Gasteiger partial charge in [0.1, 0.15) is 0 Å². The number of nitrogens with zero attached hydrogens (tertiary/aromatic N) is 1. The van der Waals surface area contributed by atoms with Gasteiger partial charge in [0.05, 0.1) is 11.6 Å². The summed E-state index contributed by atoms with van der Waals surface area (Å²) >= 11 is 6.15. The maximum atomic E-state index is 6.15. The van der Waals surface area contributed by atoms with Gasteiger partial charge in [0, 0.05) is 16.6 Å². The van der Waals surface area contributed by atoms with E-state index in [4.69, 9.17) is 11.6 Å². The quantitative estimate of drug-likeness (QED) is 0.762. The number of hydrogen-bond acceptors (Lipinski definition) is 2. The molecule has 1 heterocycles. The number of nitrogens with one attached hydrogen (secondary N) is 1. The molecule has 2 nitrogen and oxygen atoms in total. The van der Waals surface area contributed by atoms with E-state index in [9.17, 15) is 0 Å². The molecule has 1 N–H and O–H groups in total. The van der Waals surface area contributed by atoms with Crippen molar-refractivity contribution >= 4 is 22.5 Å². The van der Waals surface area contributed by atoms with Crippen molar-refractivity contribution in [3.05, 3.63) is 76.9 Å². The summed E-state index contributed by atoms with van der Waals surface area (Å²) in [6.07, 6.45) is 1.83. The fourth-order valence-electron chi connectivity index (χ4n) is 2.68. The summed E-state index contributed by atoms with van der Waals surface area (Å²) in [6, 6.07) is 18.5. The number of fused-ring (bicyclic) bond motifs is 1. The highest BCUT2D eigenvalue weighted by Crippen LogP contribution is 2.29. The molecule has 0 fully saturated rings. The molecule has 2 aromatic carbocycles. The van der Waals surface area contributed by atoms with E-state index < -0.39 is 0 Å². The summed E-state index contributed by atoms with van der Waals surface area (Å²) < 4.78 is 0. The van der Waals surface area contributed by atoms with E-state index in [1.807, 2.05) is 36.5 Å². The third-order valence-corrected chi connectivity index (χ3v) is 3.82. The zero-order chi connectivity index (χ0) is 14.7. The Morgan fingerprint density at radius 1 is 1.10 bits per heavy atom.